The van der Waals surface area contributed by atoms with Gasteiger partial charge in [0.05, 0.1) is 16.5 Å². The quantitative estimate of drug-likeness (QED) is 0.458. The predicted molar refractivity (Wildman–Crippen MR) is 129 cm³/mol. The molecule has 0 radical (unpaired) electrons. The summed E-state index contributed by atoms with van der Waals surface area (Å²) in [6.45, 7) is 2.13. The minimum Gasteiger partial charge on any atom is -0.478 e. The number of carboxylic acids is 1. The molecule has 2 atom stereocenters. The number of rotatable bonds is 6. The molecule has 2 aliphatic rings. The maximum absolute atomic E-state index is 13.3. The monoisotopic (exact) mass is 503 g/mol. The third kappa shape index (κ3) is 4.29. The highest BCUT2D eigenvalue weighted by Gasteiger charge is 2.29. The molecule has 0 bridgehead atoms. The fourth-order valence-corrected chi connectivity index (χ4v) is 5.56. The molecule has 3 N–H and O–H groups in total. The third-order valence-corrected chi connectivity index (χ3v) is 7.61. The number of hydrogen-bond acceptors (Lipinski definition) is 8. The van der Waals surface area contributed by atoms with Gasteiger partial charge in [-0.15, -0.1) is 11.8 Å². The molecule has 1 aromatic carbocycles. The Morgan fingerprint density at radius 2 is 2.14 bits per heavy atom. The molecule has 1 aliphatic carbocycles. The van der Waals surface area contributed by atoms with Crippen LogP contribution in [0.3, 0.4) is 0 Å². The first-order chi connectivity index (χ1) is 17.4. The number of nitrogens with one attached hydrogen (secondary N) is 2. The van der Waals surface area contributed by atoms with Crippen molar-refractivity contribution in [2.75, 3.05) is 6.54 Å². The molecule has 0 saturated heterocycles. The van der Waals surface area contributed by atoms with Gasteiger partial charge in [0.25, 0.3) is 17.6 Å². The summed E-state index contributed by atoms with van der Waals surface area (Å²) in [5.74, 6) is -1.77. The first-order valence-corrected chi connectivity index (χ1v) is 12.2. The number of hydrogen-bond donors (Lipinski definition) is 3. The smallest absolute Gasteiger partial charge is 0.335 e. The number of nitriles is 1. The van der Waals surface area contributed by atoms with Gasteiger partial charge in [-0.05, 0) is 48.9 Å². The van der Waals surface area contributed by atoms with Crippen LogP contribution in [0.1, 0.15) is 66.9 Å². The summed E-state index contributed by atoms with van der Waals surface area (Å²) in [4.78, 5) is 46.5. The van der Waals surface area contributed by atoms with Gasteiger partial charge < -0.3 is 15.7 Å². The first-order valence-electron chi connectivity index (χ1n) is 11.3. The minimum atomic E-state index is -0.979. The van der Waals surface area contributed by atoms with E-state index in [0.29, 0.717) is 36.3 Å². The number of carbonyl (C=O) groups excluding carboxylic acids is 2. The Morgan fingerprint density at radius 3 is 2.89 bits per heavy atom. The van der Waals surface area contributed by atoms with E-state index in [0.717, 1.165) is 11.1 Å². The number of carbonyl (C=O) groups is 3. The number of nitrogens with zero attached hydrogens (tertiary/aromatic N) is 5. The second-order valence-electron chi connectivity index (χ2n) is 8.54. The molecule has 2 amide bonds. The zero-order valence-electron chi connectivity index (χ0n) is 19.2. The van der Waals surface area contributed by atoms with Gasteiger partial charge in [-0.3, -0.25) is 9.59 Å². The Morgan fingerprint density at radius 1 is 1.31 bits per heavy atom. The van der Waals surface area contributed by atoms with Crippen molar-refractivity contribution in [3.63, 3.8) is 0 Å². The lowest BCUT2D eigenvalue weighted by atomic mass is 9.98. The third-order valence-electron chi connectivity index (χ3n) is 6.41. The lowest BCUT2D eigenvalue weighted by Gasteiger charge is -2.16. The number of benzene rings is 1. The van der Waals surface area contributed by atoms with Crippen LogP contribution in [-0.4, -0.2) is 54.3 Å². The van der Waals surface area contributed by atoms with Gasteiger partial charge in [-0.2, -0.15) is 19.9 Å². The molecule has 11 nitrogen and oxygen atoms in total. The van der Waals surface area contributed by atoms with Crippen LogP contribution in [0.5, 0.6) is 0 Å². The average Bonchev–Trinajstić information content (AvgIpc) is 3.61. The number of fused-ring (bicyclic) bond motifs is 2. The molecular weight excluding hydrogens is 482 g/mol. The standard InChI is InChI=1S/C24H21N7O4S/c1-12-15-6-7-18(17(15)5-4-16(12)23(34)35)29-22(33)20-8-19(30-24-27-11-28-31(20)24)21(32)26-10-14-3-2-13(9-25)36-14/h2,4-5,8,11,14,18H,3,6-7,10H2,1H3,(H,26,32)(H,29,33)(H,34,35)/t14?,18-/m0/s1. The molecule has 182 valence electrons. The van der Waals surface area contributed by atoms with E-state index < -0.39 is 17.8 Å². The lowest BCUT2D eigenvalue weighted by Crippen LogP contribution is -2.32. The molecule has 0 saturated carbocycles. The van der Waals surface area contributed by atoms with Gasteiger partial charge in [0.2, 0.25) is 0 Å². The second kappa shape index (κ2) is 9.43. The normalized spacial score (nSPS) is 18.4. The number of carboxylic acid groups (broad SMARTS) is 1. The van der Waals surface area contributed by atoms with Gasteiger partial charge in [0, 0.05) is 17.9 Å². The molecule has 36 heavy (non-hydrogen) atoms. The average molecular weight is 504 g/mol. The Kier molecular flexibility index (Phi) is 6.15. The number of aromatic nitrogens is 4. The molecule has 1 aliphatic heterocycles. The summed E-state index contributed by atoms with van der Waals surface area (Å²) in [6.07, 6.45) is 5.07. The van der Waals surface area contributed by atoms with Crippen LogP contribution < -0.4 is 10.6 Å². The van der Waals surface area contributed by atoms with Crippen LogP contribution in [0.15, 0.2) is 35.5 Å². The van der Waals surface area contributed by atoms with E-state index in [2.05, 4.69) is 31.8 Å². The summed E-state index contributed by atoms with van der Waals surface area (Å²) in [5, 5.41) is 28.3. The van der Waals surface area contributed by atoms with Crippen molar-refractivity contribution in [1.82, 2.24) is 30.2 Å². The van der Waals surface area contributed by atoms with Crippen molar-refractivity contribution < 1.29 is 19.5 Å². The van der Waals surface area contributed by atoms with Crippen LogP contribution in [0.2, 0.25) is 0 Å². The molecule has 0 spiro atoms. The second-order valence-corrected chi connectivity index (χ2v) is 9.88. The van der Waals surface area contributed by atoms with Crippen molar-refractivity contribution in [3.8, 4) is 6.07 Å². The number of aromatic carboxylic acids is 1. The minimum absolute atomic E-state index is 0.0332. The van der Waals surface area contributed by atoms with Crippen LogP contribution in [0.25, 0.3) is 5.78 Å². The Bertz CT molecular complexity index is 1490. The zero-order chi connectivity index (χ0) is 25.4. The van der Waals surface area contributed by atoms with Gasteiger partial charge in [0.15, 0.2) is 0 Å². The van der Waals surface area contributed by atoms with Gasteiger partial charge in [-0.25, -0.2) is 9.78 Å². The van der Waals surface area contributed by atoms with Crippen LogP contribution >= 0.6 is 11.8 Å². The van der Waals surface area contributed by atoms with Crippen LogP contribution in [-0.2, 0) is 6.42 Å². The van der Waals surface area contributed by atoms with E-state index >= 15 is 0 Å². The zero-order valence-corrected chi connectivity index (χ0v) is 20.0. The van der Waals surface area contributed by atoms with Crippen LogP contribution in [0.4, 0.5) is 0 Å². The summed E-state index contributed by atoms with van der Waals surface area (Å²) in [6, 6.07) is 6.48. The molecule has 0 fully saturated rings. The highest BCUT2D eigenvalue weighted by molar-refractivity contribution is 8.04. The van der Waals surface area contributed by atoms with Crippen molar-refractivity contribution in [2.24, 2.45) is 0 Å². The van der Waals surface area contributed by atoms with E-state index in [1.165, 1.54) is 28.7 Å². The summed E-state index contributed by atoms with van der Waals surface area (Å²) in [5.41, 5.74) is 2.91. The molecule has 1 unspecified atom stereocenters. The van der Waals surface area contributed by atoms with Crippen molar-refractivity contribution >= 4 is 35.3 Å². The molecule has 2 aromatic heterocycles. The fraction of sp³-hybridized carbons (Fsp3) is 0.292. The van der Waals surface area contributed by atoms with Crippen molar-refractivity contribution in [1.29, 1.82) is 5.26 Å². The molecular formula is C24H21N7O4S. The van der Waals surface area contributed by atoms with Gasteiger partial charge in [-0.1, -0.05) is 12.1 Å². The van der Waals surface area contributed by atoms with E-state index in [1.54, 1.807) is 19.1 Å². The van der Waals surface area contributed by atoms with Gasteiger partial charge in [0.1, 0.15) is 23.8 Å². The number of thioether (sulfide) groups is 1. The SMILES string of the molecule is Cc1c(C(=O)O)ccc2c1CC[C@@H]2NC(=O)c1cc(C(=O)NCC2CC=C(C#N)S2)nc2ncnn12. The highest BCUT2D eigenvalue weighted by Crippen LogP contribution is 2.35. The lowest BCUT2D eigenvalue weighted by molar-refractivity contribution is 0.0695. The van der Waals surface area contributed by atoms with Crippen molar-refractivity contribution in [3.05, 3.63) is 69.1 Å². The topological polar surface area (TPSA) is 162 Å². The predicted octanol–water partition coefficient (Wildman–Crippen LogP) is 2.19. The Hall–Kier alpha value is -4.24. The number of amides is 2. The fourth-order valence-electron chi connectivity index (χ4n) is 4.59. The largest absolute Gasteiger partial charge is 0.478 e. The Balaban J connectivity index is 1.35. The van der Waals surface area contributed by atoms with E-state index in [1.807, 2.05) is 6.08 Å². The Labute approximate surface area is 209 Å². The highest BCUT2D eigenvalue weighted by atomic mass is 32.2. The van der Waals surface area contributed by atoms with Crippen LogP contribution in [0, 0.1) is 18.3 Å². The molecule has 12 heteroatoms. The van der Waals surface area contributed by atoms with E-state index in [-0.39, 0.29) is 34.0 Å². The van der Waals surface area contributed by atoms with Crippen molar-refractivity contribution in [2.45, 2.75) is 37.5 Å². The summed E-state index contributed by atoms with van der Waals surface area (Å²) in [7, 11) is 0. The van der Waals surface area contributed by atoms with E-state index in [4.69, 9.17) is 5.26 Å². The maximum Gasteiger partial charge on any atom is 0.335 e. The molecule has 5 rings (SSSR count). The summed E-state index contributed by atoms with van der Waals surface area (Å²) >= 11 is 1.42. The van der Waals surface area contributed by atoms with Gasteiger partial charge >= 0.3 is 5.97 Å². The molecule has 3 heterocycles. The number of allylic oxidation sites excluding steroid dienone is 2. The first kappa shape index (κ1) is 23.5. The summed E-state index contributed by atoms with van der Waals surface area (Å²) < 4.78 is 1.27. The van der Waals surface area contributed by atoms with E-state index in [9.17, 15) is 19.5 Å². The maximum atomic E-state index is 13.3. The molecule has 3 aromatic rings.